The second kappa shape index (κ2) is 8.45. The Labute approximate surface area is 184 Å². The molecule has 4 aliphatic carbocycles. The Kier molecular flexibility index (Phi) is 5.67. The fraction of sp³-hybridized carbons (Fsp3) is 0.680. The molecule has 168 valence electrons. The van der Waals surface area contributed by atoms with Gasteiger partial charge < -0.3 is 19.7 Å². The molecule has 1 heterocycles. The maximum atomic E-state index is 12.7. The number of anilines is 2. The first kappa shape index (κ1) is 20.8. The highest BCUT2D eigenvalue weighted by atomic mass is 16.5. The van der Waals surface area contributed by atoms with E-state index in [0.29, 0.717) is 12.1 Å². The van der Waals surface area contributed by atoms with Crippen LogP contribution in [-0.2, 0) is 19.1 Å². The summed E-state index contributed by atoms with van der Waals surface area (Å²) in [5.74, 6) is 1.92. The molecule has 1 aromatic rings. The molecule has 6 heteroatoms. The largest absolute Gasteiger partial charge is 0.453 e. The quantitative estimate of drug-likeness (QED) is 0.697. The van der Waals surface area contributed by atoms with Crippen molar-refractivity contribution in [2.24, 2.45) is 23.2 Å². The number of benzene rings is 1. The average molecular weight is 427 g/mol. The lowest BCUT2D eigenvalue weighted by Crippen LogP contribution is -2.47. The second-order valence-corrected chi connectivity index (χ2v) is 10.4. The van der Waals surface area contributed by atoms with Crippen LogP contribution in [0.15, 0.2) is 24.3 Å². The number of ether oxygens (including phenoxy) is 2. The maximum Gasteiger partial charge on any atom is 0.307 e. The first-order valence-corrected chi connectivity index (χ1v) is 11.9. The predicted octanol–water partition coefficient (Wildman–Crippen LogP) is 4.00. The van der Waals surface area contributed by atoms with Crippen molar-refractivity contribution in [2.75, 3.05) is 36.5 Å². The van der Waals surface area contributed by atoms with Crippen LogP contribution in [0.3, 0.4) is 0 Å². The van der Waals surface area contributed by atoms with E-state index in [1.165, 1.54) is 38.5 Å². The van der Waals surface area contributed by atoms with Gasteiger partial charge in [0.05, 0.1) is 19.6 Å². The molecule has 1 atom stereocenters. The molecule has 0 spiro atoms. The molecule has 6 nitrogen and oxygen atoms in total. The monoisotopic (exact) mass is 426 g/mol. The van der Waals surface area contributed by atoms with Gasteiger partial charge in [0.15, 0.2) is 6.10 Å². The lowest BCUT2D eigenvalue weighted by atomic mass is 9.49. The molecule has 0 unspecified atom stereocenters. The molecule has 31 heavy (non-hydrogen) atoms. The zero-order valence-electron chi connectivity index (χ0n) is 18.5. The zero-order chi connectivity index (χ0) is 21.4. The minimum atomic E-state index is -0.791. The zero-order valence-corrected chi connectivity index (χ0v) is 18.5. The molecule has 0 aromatic heterocycles. The van der Waals surface area contributed by atoms with E-state index in [2.05, 4.69) is 10.2 Å². The van der Waals surface area contributed by atoms with Gasteiger partial charge in [-0.25, -0.2) is 0 Å². The topological polar surface area (TPSA) is 67.9 Å². The fourth-order valence-corrected chi connectivity index (χ4v) is 6.93. The molecular weight excluding hydrogens is 392 g/mol. The summed E-state index contributed by atoms with van der Waals surface area (Å²) in [5, 5.41) is 2.88. The Morgan fingerprint density at radius 1 is 1.06 bits per heavy atom. The summed E-state index contributed by atoms with van der Waals surface area (Å²) in [6.07, 6.45) is 7.27. The van der Waals surface area contributed by atoms with Gasteiger partial charge in [-0.2, -0.15) is 0 Å². The van der Waals surface area contributed by atoms with E-state index in [4.69, 9.17) is 9.47 Å². The summed E-state index contributed by atoms with van der Waals surface area (Å²) in [7, 11) is 0. The van der Waals surface area contributed by atoms with Crippen LogP contribution in [0.1, 0.15) is 51.9 Å². The van der Waals surface area contributed by atoms with E-state index in [1.807, 2.05) is 24.3 Å². The van der Waals surface area contributed by atoms with Crippen LogP contribution < -0.4 is 10.2 Å². The SMILES string of the molecule is C[C@H](OC(=O)CC12CC3CC(CC(C3)C1)C2)C(=O)Nc1ccc(N2CCOCC2)cc1. The molecule has 4 saturated carbocycles. The molecule has 6 rings (SSSR count). The van der Waals surface area contributed by atoms with E-state index in [1.54, 1.807) is 6.92 Å². The van der Waals surface area contributed by atoms with Crippen molar-refractivity contribution in [3.63, 3.8) is 0 Å². The first-order valence-electron chi connectivity index (χ1n) is 11.9. The molecular formula is C25H34N2O4. The van der Waals surface area contributed by atoms with E-state index in [0.717, 1.165) is 49.7 Å². The van der Waals surface area contributed by atoms with E-state index < -0.39 is 6.10 Å². The van der Waals surface area contributed by atoms with Crippen LogP contribution in [0.2, 0.25) is 0 Å². The van der Waals surface area contributed by atoms with Crippen LogP contribution >= 0.6 is 0 Å². The molecule has 0 radical (unpaired) electrons. The van der Waals surface area contributed by atoms with Gasteiger partial charge in [0.25, 0.3) is 5.91 Å². The van der Waals surface area contributed by atoms with Crippen molar-refractivity contribution in [3.8, 4) is 0 Å². The number of hydrogen-bond donors (Lipinski definition) is 1. The third-order valence-corrected chi connectivity index (χ3v) is 7.87. The highest BCUT2D eigenvalue weighted by Crippen LogP contribution is 2.61. The molecule has 5 fully saturated rings. The summed E-state index contributed by atoms with van der Waals surface area (Å²) >= 11 is 0. The van der Waals surface area contributed by atoms with E-state index >= 15 is 0 Å². The molecule has 1 saturated heterocycles. The van der Waals surface area contributed by atoms with Crippen LogP contribution in [0.5, 0.6) is 0 Å². The highest BCUT2D eigenvalue weighted by molar-refractivity contribution is 5.95. The number of esters is 1. The number of morpholine rings is 1. The number of nitrogens with zero attached hydrogens (tertiary/aromatic N) is 1. The van der Waals surface area contributed by atoms with Crippen molar-refractivity contribution in [1.29, 1.82) is 0 Å². The number of hydrogen-bond acceptors (Lipinski definition) is 5. The van der Waals surface area contributed by atoms with Crippen molar-refractivity contribution < 1.29 is 19.1 Å². The summed E-state index contributed by atoms with van der Waals surface area (Å²) in [4.78, 5) is 27.5. The summed E-state index contributed by atoms with van der Waals surface area (Å²) in [6, 6.07) is 7.80. The number of carbonyl (C=O) groups excluding carboxylic acids is 2. The lowest BCUT2D eigenvalue weighted by molar-refractivity contribution is -0.160. The Balaban J connectivity index is 1.12. The van der Waals surface area contributed by atoms with Gasteiger partial charge in [-0.15, -0.1) is 0 Å². The minimum absolute atomic E-state index is 0.136. The lowest BCUT2D eigenvalue weighted by Gasteiger charge is -2.56. The number of carbonyl (C=O) groups is 2. The second-order valence-electron chi connectivity index (χ2n) is 10.4. The van der Waals surface area contributed by atoms with Gasteiger partial charge in [-0.3, -0.25) is 9.59 Å². The Hall–Kier alpha value is -2.08. The Bertz CT molecular complexity index is 780. The highest BCUT2D eigenvalue weighted by Gasteiger charge is 2.51. The van der Waals surface area contributed by atoms with Gasteiger partial charge in [-0.05, 0) is 92.9 Å². The summed E-state index contributed by atoms with van der Waals surface area (Å²) in [5.41, 5.74) is 1.97. The number of nitrogens with one attached hydrogen (secondary N) is 1. The van der Waals surface area contributed by atoms with Gasteiger partial charge in [0.1, 0.15) is 0 Å². The van der Waals surface area contributed by atoms with Crippen molar-refractivity contribution in [2.45, 2.75) is 58.0 Å². The van der Waals surface area contributed by atoms with Crippen LogP contribution in [0, 0.1) is 23.2 Å². The average Bonchev–Trinajstić information content (AvgIpc) is 2.73. The van der Waals surface area contributed by atoms with Crippen LogP contribution in [-0.4, -0.2) is 44.3 Å². The van der Waals surface area contributed by atoms with Crippen LogP contribution in [0.4, 0.5) is 11.4 Å². The number of amides is 1. The molecule has 1 aromatic carbocycles. The van der Waals surface area contributed by atoms with Gasteiger partial charge >= 0.3 is 5.97 Å². The third kappa shape index (κ3) is 4.59. The van der Waals surface area contributed by atoms with E-state index in [9.17, 15) is 9.59 Å². The molecule has 1 N–H and O–H groups in total. The molecule has 1 aliphatic heterocycles. The number of rotatable bonds is 6. The predicted molar refractivity (Wildman–Crippen MR) is 119 cm³/mol. The summed E-state index contributed by atoms with van der Waals surface area (Å²) in [6.45, 7) is 4.90. The van der Waals surface area contributed by atoms with Crippen molar-refractivity contribution in [1.82, 2.24) is 0 Å². The van der Waals surface area contributed by atoms with Crippen molar-refractivity contribution in [3.05, 3.63) is 24.3 Å². The van der Waals surface area contributed by atoms with Crippen molar-refractivity contribution >= 4 is 23.3 Å². The molecule has 4 bridgehead atoms. The standard InChI is InChI=1S/C25H34N2O4/c1-17(24(29)26-21-2-4-22(5-3-21)27-6-8-30-9-7-27)31-23(28)16-25-13-18-10-19(14-25)12-20(11-18)15-25/h2-5,17-20H,6-16H2,1H3,(H,26,29)/t17-,18?,19?,20?,25?/m0/s1. The Morgan fingerprint density at radius 2 is 1.65 bits per heavy atom. The van der Waals surface area contributed by atoms with Crippen LogP contribution in [0.25, 0.3) is 0 Å². The molecule has 1 amide bonds. The van der Waals surface area contributed by atoms with Gasteiger partial charge in [0.2, 0.25) is 0 Å². The summed E-state index contributed by atoms with van der Waals surface area (Å²) < 4.78 is 11.0. The van der Waals surface area contributed by atoms with Gasteiger partial charge in [-0.1, -0.05) is 0 Å². The smallest absolute Gasteiger partial charge is 0.307 e. The third-order valence-electron chi connectivity index (χ3n) is 7.87. The fourth-order valence-electron chi connectivity index (χ4n) is 6.93. The Morgan fingerprint density at radius 3 is 2.23 bits per heavy atom. The normalized spacial score (nSPS) is 32.5. The van der Waals surface area contributed by atoms with E-state index in [-0.39, 0.29) is 17.3 Å². The molecule has 5 aliphatic rings. The van der Waals surface area contributed by atoms with Gasteiger partial charge in [0, 0.05) is 24.5 Å². The first-order chi connectivity index (χ1) is 15.0. The minimum Gasteiger partial charge on any atom is -0.453 e. The maximum absolute atomic E-state index is 12.7.